The molecule has 4 amide bonds. The molecule has 2 aromatic carbocycles. The van der Waals surface area contributed by atoms with Gasteiger partial charge in [-0.25, -0.2) is 0 Å². The fraction of sp³-hybridized carbons (Fsp3) is 0.556. The summed E-state index contributed by atoms with van der Waals surface area (Å²) in [5.41, 5.74) is 11.4. The van der Waals surface area contributed by atoms with Gasteiger partial charge in [0.25, 0.3) is 11.8 Å². The van der Waals surface area contributed by atoms with Crippen molar-refractivity contribution < 1.29 is 29.4 Å². The van der Waals surface area contributed by atoms with Crippen LogP contribution in [0.1, 0.15) is 143 Å². The van der Waals surface area contributed by atoms with Crippen LogP contribution in [0.3, 0.4) is 0 Å². The minimum absolute atomic E-state index is 0.0629. The number of phenols is 2. The molecule has 0 bridgehead atoms. The van der Waals surface area contributed by atoms with Crippen molar-refractivity contribution in [2.45, 2.75) is 124 Å². The van der Waals surface area contributed by atoms with Crippen LogP contribution < -0.4 is 21.7 Å². The van der Waals surface area contributed by atoms with Crippen molar-refractivity contribution in [2.24, 2.45) is 5.92 Å². The number of aryl methyl sites for hydroxylation is 2. The third-order valence-electron chi connectivity index (χ3n) is 8.18. The number of carbonyl (C=O) groups excluding carboxylic acids is 4. The van der Waals surface area contributed by atoms with Gasteiger partial charge in [-0.1, -0.05) is 96.4 Å². The van der Waals surface area contributed by atoms with E-state index in [0.29, 0.717) is 49.7 Å². The zero-order valence-electron chi connectivity index (χ0n) is 27.9. The van der Waals surface area contributed by atoms with Crippen LogP contribution in [-0.4, -0.2) is 33.8 Å². The Hall–Kier alpha value is -4.08. The number of hydrogen-bond acceptors (Lipinski definition) is 6. The number of rotatable bonds is 20. The van der Waals surface area contributed by atoms with Gasteiger partial charge >= 0.3 is 0 Å². The lowest BCUT2D eigenvalue weighted by atomic mass is 9.94. The molecular weight excluding hydrogens is 584 g/mol. The Kier molecular flexibility index (Phi) is 17.9. The van der Waals surface area contributed by atoms with E-state index >= 15 is 0 Å². The molecule has 0 spiro atoms. The van der Waals surface area contributed by atoms with Gasteiger partial charge in [-0.3, -0.25) is 40.9 Å². The van der Waals surface area contributed by atoms with E-state index < -0.39 is 11.8 Å². The predicted octanol–water partition coefficient (Wildman–Crippen LogP) is 6.54. The van der Waals surface area contributed by atoms with Gasteiger partial charge < -0.3 is 10.2 Å². The van der Waals surface area contributed by atoms with Crippen LogP contribution >= 0.6 is 0 Å². The number of para-hydroxylation sites is 2. The maximum absolute atomic E-state index is 13.0. The molecule has 0 saturated carbocycles. The van der Waals surface area contributed by atoms with E-state index in [1.807, 2.05) is 0 Å². The minimum Gasteiger partial charge on any atom is -0.507 e. The first-order chi connectivity index (χ1) is 22.2. The topological polar surface area (TPSA) is 157 Å². The molecular formula is C36H54N4O6. The molecule has 1 atom stereocenters. The SMILES string of the molecule is CCCCCc1cccc(C(=O)NNC(=O)CCCCC(CCCCC)C(=O)NNC(=O)c2cccc(CCCCC)c2O)c1O. The van der Waals surface area contributed by atoms with Gasteiger partial charge in [0.1, 0.15) is 11.5 Å². The van der Waals surface area contributed by atoms with E-state index in [-0.39, 0.29) is 46.8 Å². The van der Waals surface area contributed by atoms with Crippen LogP contribution in [0.5, 0.6) is 11.5 Å². The molecule has 46 heavy (non-hydrogen) atoms. The highest BCUT2D eigenvalue weighted by atomic mass is 16.3. The first-order valence-corrected chi connectivity index (χ1v) is 17.0. The van der Waals surface area contributed by atoms with Crippen molar-refractivity contribution in [1.82, 2.24) is 21.7 Å². The highest BCUT2D eigenvalue weighted by Crippen LogP contribution is 2.25. The molecule has 0 saturated heterocycles. The van der Waals surface area contributed by atoms with Gasteiger partial charge in [0, 0.05) is 12.3 Å². The quantitative estimate of drug-likeness (QED) is 0.0714. The third kappa shape index (κ3) is 13.1. The Morgan fingerprint density at radius 1 is 0.587 bits per heavy atom. The number of hydrogen-bond donors (Lipinski definition) is 6. The predicted molar refractivity (Wildman–Crippen MR) is 180 cm³/mol. The van der Waals surface area contributed by atoms with Crippen molar-refractivity contribution in [3.63, 3.8) is 0 Å². The molecule has 10 heteroatoms. The van der Waals surface area contributed by atoms with Crippen molar-refractivity contribution >= 4 is 23.6 Å². The largest absolute Gasteiger partial charge is 0.507 e. The number of carbonyl (C=O) groups is 4. The summed E-state index contributed by atoms with van der Waals surface area (Å²) in [6.07, 6.45) is 12.6. The van der Waals surface area contributed by atoms with Gasteiger partial charge in [-0.2, -0.15) is 0 Å². The summed E-state index contributed by atoms with van der Waals surface area (Å²) in [6.45, 7) is 6.28. The molecule has 2 rings (SSSR count). The zero-order chi connectivity index (χ0) is 33.7. The van der Waals surface area contributed by atoms with Gasteiger partial charge in [0.05, 0.1) is 11.1 Å². The lowest BCUT2D eigenvalue weighted by Gasteiger charge is -2.18. The fourth-order valence-electron chi connectivity index (χ4n) is 5.35. The van der Waals surface area contributed by atoms with E-state index in [9.17, 15) is 29.4 Å². The number of phenolic OH excluding ortho intramolecular Hbond substituents is 2. The Bertz CT molecular complexity index is 1270. The lowest BCUT2D eigenvalue weighted by Crippen LogP contribution is -2.44. The van der Waals surface area contributed by atoms with Gasteiger partial charge in [-0.05, 0) is 68.2 Å². The molecule has 2 aromatic rings. The number of hydrazine groups is 2. The van der Waals surface area contributed by atoms with Crippen LogP contribution in [0.4, 0.5) is 0 Å². The molecule has 6 N–H and O–H groups in total. The lowest BCUT2D eigenvalue weighted by molar-refractivity contribution is -0.126. The van der Waals surface area contributed by atoms with Gasteiger partial charge in [0.2, 0.25) is 11.8 Å². The highest BCUT2D eigenvalue weighted by Gasteiger charge is 2.21. The molecule has 0 aromatic heterocycles. The number of nitrogens with one attached hydrogen (secondary N) is 4. The molecule has 0 heterocycles. The van der Waals surface area contributed by atoms with E-state index in [4.69, 9.17) is 0 Å². The van der Waals surface area contributed by atoms with E-state index in [0.717, 1.165) is 57.8 Å². The van der Waals surface area contributed by atoms with Crippen molar-refractivity contribution in [1.29, 1.82) is 0 Å². The van der Waals surface area contributed by atoms with Gasteiger partial charge in [0.15, 0.2) is 0 Å². The van der Waals surface area contributed by atoms with E-state index in [1.165, 1.54) is 12.1 Å². The molecule has 0 radical (unpaired) electrons. The second-order valence-corrected chi connectivity index (χ2v) is 11.9. The second kappa shape index (κ2) is 21.6. The number of aromatic hydroxyl groups is 2. The monoisotopic (exact) mass is 638 g/mol. The summed E-state index contributed by atoms with van der Waals surface area (Å²) in [4.78, 5) is 50.8. The summed E-state index contributed by atoms with van der Waals surface area (Å²) in [5.74, 6) is -2.33. The number of unbranched alkanes of at least 4 members (excludes halogenated alkanes) is 7. The number of benzene rings is 2. The van der Waals surface area contributed by atoms with Crippen LogP contribution in [0, 0.1) is 5.92 Å². The zero-order valence-corrected chi connectivity index (χ0v) is 27.9. The Labute approximate surface area is 274 Å². The molecule has 0 fully saturated rings. The highest BCUT2D eigenvalue weighted by molar-refractivity contribution is 5.99. The fourth-order valence-corrected chi connectivity index (χ4v) is 5.35. The molecule has 254 valence electrons. The average Bonchev–Trinajstić information content (AvgIpc) is 3.05. The molecule has 0 aliphatic carbocycles. The third-order valence-corrected chi connectivity index (χ3v) is 8.18. The van der Waals surface area contributed by atoms with E-state index in [2.05, 4.69) is 42.5 Å². The van der Waals surface area contributed by atoms with E-state index in [1.54, 1.807) is 24.3 Å². The molecule has 0 aliphatic rings. The maximum Gasteiger partial charge on any atom is 0.273 e. The van der Waals surface area contributed by atoms with Crippen molar-refractivity contribution in [3.05, 3.63) is 58.7 Å². The second-order valence-electron chi connectivity index (χ2n) is 11.9. The summed E-state index contributed by atoms with van der Waals surface area (Å²) in [7, 11) is 0. The Balaban J connectivity index is 1.83. The summed E-state index contributed by atoms with van der Waals surface area (Å²) in [6, 6.07) is 10.1. The molecule has 1 unspecified atom stereocenters. The Morgan fingerprint density at radius 3 is 1.54 bits per heavy atom. The van der Waals surface area contributed by atoms with Crippen molar-refractivity contribution in [2.75, 3.05) is 0 Å². The van der Waals surface area contributed by atoms with Crippen molar-refractivity contribution in [3.8, 4) is 11.5 Å². The standard InChI is InChI=1S/C36H54N4O6/c1-4-7-10-17-26-21-15-23-29(32(26)42)35(45)39-37-31(41)25-14-13-20-28(19-12-9-6-3)34(44)38-40-36(46)30-24-16-22-27(33(30)43)18-11-8-5-2/h15-16,21-24,28,42-43H,4-14,17-20,25H2,1-3H3,(H,37,41)(H,38,44)(H,39,45)(H,40,46). The van der Waals surface area contributed by atoms with Crippen LogP contribution in [-0.2, 0) is 22.4 Å². The maximum atomic E-state index is 13.0. The summed E-state index contributed by atoms with van der Waals surface area (Å²) < 4.78 is 0. The van der Waals surface area contributed by atoms with Crippen LogP contribution in [0.25, 0.3) is 0 Å². The average molecular weight is 639 g/mol. The molecule has 0 aliphatic heterocycles. The summed E-state index contributed by atoms with van der Waals surface area (Å²) in [5, 5.41) is 21.1. The van der Waals surface area contributed by atoms with Crippen LogP contribution in [0.15, 0.2) is 36.4 Å². The Morgan fingerprint density at radius 2 is 1.04 bits per heavy atom. The molecule has 10 nitrogen and oxygen atoms in total. The first kappa shape index (κ1) is 38.1. The smallest absolute Gasteiger partial charge is 0.273 e. The first-order valence-electron chi connectivity index (χ1n) is 17.0. The van der Waals surface area contributed by atoms with Crippen LogP contribution in [0.2, 0.25) is 0 Å². The normalized spacial score (nSPS) is 11.5. The minimum atomic E-state index is -0.588. The summed E-state index contributed by atoms with van der Waals surface area (Å²) >= 11 is 0. The van der Waals surface area contributed by atoms with Gasteiger partial charge in [-0.15, -0.1) is 0 Å². The number of amides is 4.